The number of aryl methyl sites for hydroxylation is 1. The normalized spacial score (nSPS) is 25.0. The lowest BCUT2D eigenvalue weighted by Gasteiger charge is -2.30. The second-order valence-electron chi connectivity index (χ2n) is 4.90. The van der Waals surface area contributed by atoms with Gasteiger partial charge in [0.15, 0.2) is 0 Å². The molecule has 0 fully saturated rings. The van der Waals surface area contributed by atoms with Crippen LogP contribution in [-0.2, 0) is 10.0 Å². The van der Waals surface area contributed by atoms with E-state index in [-0.39, 0.29) is 16.0 Å². The van der Waals surface area contributed by atoms with E-state index < -0.39 is 17.1 Å². The third kappa shape index (κ3) is 2.67. The maximum absolute atomic E-state index is 12.6. The van der Waals surface area contributed by atoms with Crippen LogP contribution in [0.3, 0.4) is 0 Å². The van der Waals surface area contributed by atoms with Crippen molar-refractivity contribution in [2.75, 3.05) is 0 Å². The fourth-order valence-corrected chi connectivity index (χ4v) is 5.49. The number of benzene rings is 1. The number of hydrogen-bond donors (Lipinski definition) is 1. The van der Waals surface area contributed by atoms with Gasteiger partial charge in [0.1, 0.15) is 0 Å². The zero-order valence-corrected chi connectivity index (χ0v) is 14.3. The van der Waals surface area contributed by atoms with E-state index in [1.807, 2.05) is 13.0 Å². The summed E-state index contributed by atoms with van der Waals surface area (Å²) in [6, 6.07) is 6.48. The zero-order valence-electron chi connectivity index (χ0n) is 11.0. The van der Waals surface area contributed by atoms with Crippen molar-refractivity contribution in [1.82, 2.24) is 4.33 Å². The van der Waals surface area contributed by atoms with Gasteiger partial charge >= 0.3 is 7.05 Å². The van der Waals surface area contributed by atoms with Crippen molar-refractivity contribution in [3.63, 3.8) is 0 Å². The molecule has 0 radical (unpaired) electrons. The second-order valence-corrected chi connectivity index (χ2v) is 9.29. The lowest BCUT2D eigenvalue weighted by atomic mass is 9.66. The van der Waals surface area contributed by atoms with E-state index in [4.69, 9.17) is 0 Å². The number of hydrogen-bond acceptors (Lipinski definition) is 5. The van der Waals surface area contributed by atoms with Crippen LogP contribution in [0.15, 0.2) is 44.2 Å². The molecule has 110 valence electrons. The molecule has 21 heavy (non-hydrogen) atoms. The molecule has 5 nitrogen and oxygen atoms in total. The summed E-state index contributed by atoms with van der Waals surface area (Å²) in [5.74, 6) is -0.304. The average Bonchev–Trinajstić information content (AvgIpc) is 2.81. The molecule has 2 atom stereocenters. The number of thioether (sulfide) groups is 1. The van der Waals surface area contributed by atoms with Gasteiger partial charge in [0.05, 0.1) is 10.1 Å². The van der Waals surface area contributed by atoms with Gasteiger partial charge in [0.25, 0.3) is 10.0 Å². The van der Waals surface area contributed by atoms with Gasteiger partial charge in [0.2, 0.25) is 0 Å². The van der Waals surface area contributed by atoms with Crippen molar-refractivity contribution in [2.45, 2.75) is 22.9 Å². The third-order valence-electron chi connectivity index (χ3n) is 3.41. The lowest BCUT2D eigenvalue weighted by Crippen LogP contribution is -2.48. The monoisotopic (exact) mass is 386 g/mol. The highest BCUT2D eigenvalue weighted by Gasteiger charge is 2.47. The van der Waals surface area contributed by atoms with Crippen LogP contribution in [0.4, 0.5) is 0 Å². The molecule has 1 aromatic rings. The minimum absolute atomic E-state index is 0.0427. The molecule has 0 saturated carbocycles. The van der Waals surface area contributed by atoms with Gasteiger partial charge in [-0.2, -0.15) is 5.10 Å². The number of halogens is 1. The van der Waals surface area contributed by atoms with E-state index in [1.54, 1.807) is 18.3 Å². The van der Waals surface area contributed by atoms with Crippen LogP contribution >= 0.6 is 27.7 Å². The molecule has 0 amide bonds. The van der Waals surface area contributed by atoms with E-state index in [2.05, 4.69) is 21.0 Å². The average molecular weight is 387 g/mol. The van der Waals surface area contributed by atoms with Gasteiger partial charge in [-0.3, -0.25) is 0 Å². The lowest BCUT2D eigenvalue weighted by molar-refractivity contribution is 0.449. The Balaban J connectivity index is 1.96. The molecule has 2 aliphatic rings. The molecule has 1 aromatic carbocycles. The molecule has 2 heterocycles. The molecule has 1 N–H and O–H groups in total. The van der Waals surface area contributed by atoms with Gasteiger partial charge in [-0.15, -0.1) is 11.8 Å². The van der Waals surface area contributed by atoms with Crippen molar-refractivity contribution in [3.05, 3.63) is 39.7 Å². The summed E-state index contributed by atoms with van der Waals surface area (Å²) in [5.41, 5.74) is 0.968. The van der Waals surface area contributed by atoms with E-state index >= 15 is 0 Å². The van der Waals surface area contributed by atoms with Crippen molar-refractivity contribution in [1.29, 1.82) is 0 Å². The van der Waals surface area contributed by atoms with Gasteiger partial charge in [-0.05, 0) is 35.0 Å². The predicted octanol–water partition coefficient (Wildman–Crippen LogP) is 2.19. The molecule has 2 aliphatic heterocycles. The number of allylic oxidation sites excluding steroid dienone is 1. The molecular weight excluding hydrogens is 375 g/mol. The summed E-state index contributed by atoms with van der Waals surface area (Å²) >= 11 is 4.87. The van der Waals surface area contributed by atoms with E-state index in [1.165, 1.54) is 23.9 Å². The Hall–Kier alpha value is -0.765. The fraction of sp³-hybridized carbons (Fsp3) is 0.250. The number of sulfonamides is 1. The SMILES string of the molecule is Cc1ccc(S(=O)(=O)N2N=CC3SC(Br)=CC3B2O)cc1. The summed E-state index contributed by atoms with van der Waals surface area (Å²) < 4.78 is 26.9. The van der Waals surface area contributed by atoms with Crippen LogP contribution in [-0.4, -0.2) is 36.3 Å². The van der Waals surface area contributed by atoms with E-state index in [9.17, 15) is 13.4 Å². The van der Waals surface area contributed by atoms with E-state index in [0.717, 1.165) is 13.7 Å². The van der Waals surface area contributed by atoms with Crippen molar-refractivity contribution in [2.24, 2.45) is 5.10 Å². The standard InChI is InChI=1S/C12H12BBrN2O3S2/c1-8-2-4-9(5-3-8)21(18,19)16-13(17)10-6-12(14)20-11(10)7-15-16/h2-7,10-11,17H,1H3. The van der Waals surface area contributed by atoms with Crippen molar-refractivity contribution in [3.8, 4) is 0 Å². The first-order valence-electron chi connectivity index (χ1n) is 6.27. The minimum atomic E-state index is -3.85. The number of fused-ring (bicyclic) bond motifs is 1. The third-order valence-corrected chi connectivity index (χ3v) is 6.98. The van der Waals surface area contributed by atoms with E-state index in [0.29, 0.717) is 0 Å². The van der Waals surface area contributed by atoms with Crippen molar-refractivity contribution >= 4 is 51.0 Å². The zero-order chi connectivity index (χ0) is 15.2. The Labute approximate surface area is 136 Å². The second kappa shape index (κ2) is 5.46. The maximum atomic E-state index is 12.6. The molecule has 0 saturated heterocycles. The van der Waals surface area contributed by atoms with Crippen LogP contribution in [0.5, 0.6) is 0 Å². The van der Waals surface area contributed by atoms with Gasteiger partial charge in [-0.1, -0.05) is 23.8 Å². The smallest absolute Gasteiger partial charge is 0.430 e. The summed E-state index contributed by atoms with van der Waals surface area (Å²) in [5, 5.41) is 14.3. The van der Waals surface area contributed by atoms with Crippen LogP contribution in [0.1, 0.15) is 5.56 Å². The molecule has 0 aliphatic carbocycles. The first-order chi connectivity index (χ1) is 9.89. The maximum Gasteiger partial charge on any atom is 0.457 e. The topological polar surface area (TPSA) is 70.0 Å². The Morgan fingerprint density at radius 2 is 2.05 bits per heavy atom. The minimum Gasteiger partial charge on any atom is -0.430 e. The summed E-state index contributed by atoms with van der Waals surface area (Å²) in [6.45, 7) is 1.88. The molecule has 9 heteroatoms. The van der Waals surface area contributed by atoms with Gasteiger partial charge < -0.3 is 5.02 Å². The fourth-order valence-electron chi connectivity index (χ4n) is 2.25. The first kappa shape index (κ1) is 15.1. The van der Waals surface area contributed by atoms with Crippen molar-refractivity contribution < 1.29 is 13.4 Å². The van der Waals surface area contributed by atoms with Crippen LogP contribution in [0.25, 0.3) is 0 Å². The molecular formula is C12H12BBrN2O3S2. The largest absolute Gasteiger partial charge is 0.457 e. The summed E-state index contributed by atoms with van der Waals surface area (Å²) in [6.07, 6.45) is 3.39. The summed E-state index contributed by atoms with van der Waals surface area (Å²) in [7, 11) is -5.05. The molecule has 0 aromatic heterocycles. The highest BCUT2D eigenvalue weighted by Crippen LogP contribution is 2.45. The van der Waals surface area contributed by atoms with Crippen LogP contribution < -0.4 is 0 Å². The van der Waals surface area contributed by atoms with Gasteiger partial charge in [0, 0.05) is 15.8 Å². The number of nitrogens with zero attached hydrogens (tertiary/aromatic N) is 2. The molecule has 2 unspecified atom stereocenters. The number of rotatable bonds is 2. The Bertz CT molecular complexity index is 721. The Morgan fingerprint density at radius 1 is 1.38 bits per heavy atom. The summed E-state index contributed by atoms with van der Waals surface area (Å²) in [4.78, 5) is 0.122. The molecule has 0 bridgehead atoms. The van der Waals surface area contributed by atoms with Crippen LogP contribution in [0, 0.1) is 6.92 Å². The first-order valence-corrected chi connectivity index (χ1v) is 9.38. The Kier molecular flexibility index (Phi) is 3.94. The highest BCUT2D eigenvalue weighted by molar-refractivity contribution is 9.14. The van der Waals surface area contributed by atoms with Crippen LogP contribution in [0.2, 0.25) is 5.82 Å². The molecule has 0 spiro atoms. The predicted molar refractivity (Wildman–Crippen MR) is 88.8 cm³/mol. The number of hydrazone groups is 1. The van der Waals surface area contributed by atoms with Gasteiger partial charge in [-0.25, -0.2) is 12.7 Å². The molecule has 3 rings (SSSR count). The highest BCUT2D eigenvalue weighted by atomic mass is 79.9. The quantitative estimate of drug-likeness (QED) is 0.791. The Morgan fingerprint density at radius 3 is 2.71 bits per heavy atom.